The van der Waals surface area contributed by atoms with Gasteiger partial charge in [0.2, 0.25) is 5.91 Å². The largest absolute Gasteiger partial charge is 0.479 e. The molecule has 0 saturated heterocycles. The molecule has 0 aromatic heterocycles. The second-order valence-electron chi connectivity index (χ2n) is 4.81. The number of aliphatic carboxylic acids is 1. The Bertz CT molecular complexity index is 468. The van der Waals surface area contributed by atoms with E-state index in [9.17, 15) is 14.7 Å². The van der Waals surface area contributed by atoms with Crippen molar-refractivity contribution in [2.45, 2.75) is 46.2 Å². The maximum Gasteiger partial charge on any atom is 0.331 e. The van der Waals surface area contributed by atoms with Gasteiger partial charge in [-0.25, -0.2) is 4.79 Å². The molecular weight excluding hydrogens is 242 g/mol. The monoisotopic (exact) mass is 263 g/mol. The summed E-state index contributed by atoms with van der Waals surface area (Å²) < 4.78 is 0. The van der Waals surface area contributed by atoms with E-state index in [1.165, 1.54) is 11.8 Å². The molecule has 0 spiro atoms. The van der Waals surface area contributed by atoms with Crippen LogP contribution in [-0.4, -0.2) is 27.9 Å². The Morgan fingerprint density at radius 1 is 1.26 bits per heavy atom. The lowest BCUT2D eigenvalue weighted by atomic mass is 9.96. The second kappa shape index (κ2) is 6.36. The van der Waals surface area contributed by atoms with Gasteiger partial charge < -0.3 is 10.0 Å². The summed E-state index contributed by atoms with van der Waals surface area (Å²) in [6.07, 6.45) is 0.740. The number of amides is 1. The second-order valence-corrected chi connectivity index (χ2v) is 4.81. The number of carboxylic acids is 1. The van der Waals surface area contributed by atoms with Gasteiger partial charge in [-0.1, -0.05) is 31.2 Å². The average Bonchev–Trinajstić information content (AvgIpc) is 2.34. The number of aryl methyl sites for hydroxylation is 1. The molecule has 1 aromatic carbocycles. The zero-order chi connectivity index (χ0) is 14.6. The molecule has 4 nitrogen and oxygen atoms in total. The van der Waals surface area contributed by atoms with Crippen molar-refractivity contribution < 1.29 is 14.7 Å². The molecule has 1 N–H and O–H groups in total. The first-order chi connectivity index (χ1) is 8.90. The van der Waals surface area contributed by atoms with Crippen LogP contribution in [0, 0.1) is 0 Å². The summed E-state index contributed by atoms with van der Waals surface area (Å²) in [5, 5.41) is 9.52. The van der Waals surface area contributed by atoms with Crippen LogP contribution >= 0.6 is 0 Å². The van der Waals surface area contributed by atoms with Gasteiger partial charge in [0.05, 0.1) is 0 Å². The molecule has 1 amide bonds. The van der Waals surface area contributed by atoms with Crippen LogP contribution in [0.15, 0.2) is 24.3 Å². The highest BCUT2D eigenvalue weighted by molar-refractivity contribution is 5.84. The predicted octanol–water partition coefficient (Wildman–Crippen LogP) is 2.63. The first kappa shape index (κ1) is 15.2. The van der Waals surface area contributed by atoms with Crippen molar-refractivity contribution in [1.82, 2.24) is 4.90 Å². The van der Waals surface area contributed by atoms with E-state index in [0.29, 0.717) is 5.56 Å². The molecule has 4 heteroatoms. The van der Waals surface area contributed by atoms with Gasteiger partial charge in [-0.05, 0) is 31.4 Å². The molecule has 104 valence electrons. The minimum atomic E-state index is -0.996. The van der Waals surface area contributed by atoms with Crippen molar-refractivity contribution in [2.75, 3.05) is 0 Å². The molecule has 1 atom stereocenters. The Morgan fingerprint density at radius 2 is 1.84 bits per heavy atom. The van der Waals surface area contributed by atoms with Gasteiger partial charge in [0, 0.05) is 13.0 Å². The third-order valence-corrected chi connectivity index (χ3v) is 3.16. The molecule has 0 aliphatic heterocycles. The number of carbonyl (C=O) groups excluding carboxylic acids is 1. The molecule has 0 aliphatic rings. The van der Waals surface area contributed by atoms with E-state index in [4.69, 9.17) is 0 Å². The van der Waals surface area contributed by atoms with Crippen LogP contribution in [0.2, 0.25) is 0 Å². The zero-order valence-corrected chi connectivity index (χ0v) is 11.9. The van der Waals surface area contributed by atoms with Gasteiger partial charge in [0.25, 0.3) is 0 Å². The third-order valence-electron chi connectivity index (χ3n) is 3.16. The summed E-state index contributed by atoms with van der Waals surface area (Å²) in [5.74, 6) is -1.22. The minimum absolute atomic E-state index is 0.163. The van der Waals surface area contributed by atoms with Gasteiger partial charge in [0.15, 0.2) is 6.04 Å². The number of carbonyl (C=O) groups is 2. The van der Waals surface area contributed by atoms with Crippen molar-refractivity contribution in [3.63, 3.8) is 0 Å². The molecule has 0 heterocycles. The van der Waals surface area contributed by atoms with E-state index < -0.39 is 12.0 Å². The van der Waals surface area contributed by atoms with E-state index in [1.807, 2.05) is 39.0 Å². The average molecular weight is 263 g/mol. The summed E-state index contributed by atoms with van der Waals surface area (Å²) in [5.41, 5.74) is 1.66. The molecule has 0 aliphatic carbocycles. The smallest absolute Gasteiger partial charge is 0.331 e. The Balaban J connectivity index is 3.34. The van der Waals surface area contributed by atoms with Gasteiger partial charge in [-0.3, -0.25) is 4.79 Å². The van der Waals surface area contributed by atoms with Crippen molar-refractivity contribution >= 4 is 11.9 Å². The fourth-order valence-corrected chi connectivity index (χ4v) is 2.37. The van der Waals surface area contributed by atoms with Crippen LogP contribution in [0.25, 0.3) is 0 Å². The maximum atomic E-state index is 11.8. The maximum absolute atomic E-state index is 11.8. The van der Waals surface area contributed by atoms with Gasteiger partial charge >= 0.3 is 5.97 Å². The molecule has 1 rings (SSSR count). The fourth-order valence-electron chi connectivity index (χ4n) is 2.37. The standard InChI is InChI=1S/C15H21NO3/c1-5-12-8-6-7-9-13(12)14(15(18)19)16(10(2)3)11(4)17/h6-10,14H,5H2,1-4H3,(H,18,19). The van der Waals surface area contributed by atoms with Crippen molar-refractivity contribution in [2.24, 2.45) is 0 Å². The summed E-state index contributed by atoms with van der Waals surface area (Å²) in [7, 11) is 0. The molecule has 0 bridgehead atoms. The molecule has 0 fully saturated rings. The van der Waals surface area contributed by atoms with Crippen LogP contribution in [-0.2, 0) is 16.0 Å². The number of benzene rings is 1. The van der Waals surface area contributed by atoms with Crippen LogP contribution in [0.1, 0.15) is 44.9 Å². The summed E-state index contributed by atoms with van der Waals surface area (Å²) in [4.78, 5) is 24.8. The number of carboxylic acid groups (broad SMARTS) is 1. The first-order valence-electron chi connectivity index (χ1n) is 6.49. The number of hydrogen-bond donors (Lipinski definition) is 1. The van der Waals surface area contributed by atoms with E-state index in [-0.39, 0.29) is 11.9 Å². The van der Waals surface area contributed by atoms with Crippen LogP contribution < -0.4 is 0 Å². The van der Waals surface area contributed by atoms with Crippen LogP contribution in [0.5, 0.6) is 0 Å². The highest BCUT2D eigenvalue weighted by Crippen LogP contribution is 2.27. The molecular formula is C15H21NO3. The SMILES string of the molecule is CCc1ccccc1C(C(=O)O)N(C(C)=O)C(C)C. The van der Waals surface area contributed by atoms with Crippen LogP contribution in [0.3, 0.4) is 0 Å². The van der Waals surface area contributed by atoms with Gasteiger partial charge in [0.1, 0.15) is 0 Å². The summed E-state index contributed by atoms with van der Waals surface area (Å²) in [6.45, 7) is 7.04. The Kier molecular flexibility index (Phi) is 5.10. The normalized spacial score (nSPS) is 12.3. The lowest BCUT2D eigenvalue weighted by molar-refractivity contribution is -0.151. The van der Waals surface area contributed by atoms with Gasteiger partial charge in [-0.2, -0.15) is 0 Å². The quantitative estimate of drug-likeness (QED) is 0.888. The molecule has 0 saturated carbocycles. The number of nitrogens with zero attached hydrogens (tertiary/aromatic N) is 1. The minimum Gasteiger partial charge on any atom is -0.479 e. The predicted molar refractivity (Wildman–Crippen MR) is 73.9 cm³/mol. The fraction of sp³-hybridized carbons (Fsp3) is 0.467. The highest BCUT2D eigenvalue weighted by atomic mass is 16.4. The van der Waals surface area contributed by atoms with E-state index >= 15 is 0 Å². The van der Waals surface area contributed by atoms with E-state index in [2.05, 4.69) is 0 Å². The molecule has 1 unspecified atom stereocenters. The van der Waals surface area contributed by atoms with Gasteiger partial charge in [-0.15, -0.1) is 0 Å². The van der Waals surface area contributed by atoms with Crippen LogP contribution in [0.4, 0.5) is 0 Å². The summed E-state index contributed by atoms with van der Waals surface area (Å²) >= 11 is 0. The third kappa shape index (κ3) is 3.34. The lowest BCUT2D eigenvalue weighted by Crippen LogP contribution is -2.42. The van der Waals surface area contributed by atoms with Crippen molar-refractivity contribution in [1.29, 1.82) is 0 Å². The Hall–Kier alpha value is -1.84. The molecule has 19 heavy (non-hydrogen) atoms. The number of hydrogen-bond acceptors (Lipinski definition) is 2. The Morgan fingerprint density at radius 3 is 2.26 bits per heavy atom. The number of rotatable bonds is 5. The van der Waals surface area contributed by atoms with E-state index in [1.54, 1.807) is 6.07 Å². The zero-order valence-electron chi connectivity index (χ0n) is 11.9. The lowest BCUT2D eigenvalue weighted by Gasteiger charge is -2.32. The van der Waals surface area contributed by atoms with Crippen molar-refractivity contribution in [3.8, 4) is 0 Å². The molecule has 1 aromatic rings. The Labute approximate surface area is 114 Å². The topological polar surface area (TPSA) is 57.6 Å². The first-order valence-corrected chi connectivity index (χ1v) is 6.49. The summed E-state index contributed by atoms with van der Waals surface area (Å²) in [6, 6.07) is 6.30. The highest BCUT2D eigenvalue weighted by Gasteiger charge is 2.32. The molecule has 0 radical (unpaired) electrons. The van der Waals surface area contributed by atoms with E-state index in [0.717, 1.165) is 12.0 Å². The van der Waals surface area contributed by atoms with Crippen molar-refractivity contribution in [3.05, 3.63) is 35.4 Å².